The number of carbonyl (C=O) groups excluding carboxylic acids is 1. The lowest BCUT2D eigenvalue weighted by Gasteiger charge is -2.36. The van der Waals surface area contributed by atoms with Crippen molar-refractivity contribution in [3.05, 3.63) is 0 Å². The maximum Gasteiger partial charge on any atom is 0.326 e. The van der Waals surface area contributed by atoms with Gasteiger partial charge < -0.3 is 14.8 Å². The van der Waals surface area contributed by atoms with Crippen LogP contribution < -0.4 is 5.32 Å². The predicted molar refractivity (Wildman–Crippen MR) is 77.7 cm³/mol. The first-order valence-electron chi connectivity index (χ1n) is 7.80. The summed E-state index contributed by atoms with van der Waals surface area (Å²) in [6, 6.07) is 0.463. The Labute approximate surface area is 122 Å². The molecular weight excluding hydrogens is 256 g/mol. The van der Waals surface area contributed by atoms with E-state index in [-0.39, 0.29) is 5.97 Å². The van der Waals surface area contributed by atoms with E-state index in [0.717, 1.165) is 51.9 Å². The van der Waals surface area contributed by atoms with Gasteiger partial charge in [-0.25, -0.2) is 0 Å². The number of hydrogen-bond donors (Lipinski definition) is 1. The maximum absolute atomic E-state index is 12.2. The third kappa shape index (κ3) is 3.32. The van der Waals surface area contributed by atoms with Crippen LogP contribution in [0.1, 0.15) is 39.5 Å². The van der Waals surface area contributed by atoms with Crippen LogP contribution in [-0.2, 0) is 14.3 Å². The smallest absolute Gasteiger partial charge is 0.326 e. The summed E-state index contributed by atoms with van der Waals surface area (Å²) in [5, 5.41) is 3.44. The van der Waals surface area contributed by atoms with Gasteiger partial charge >= 0.3 is 5.97 Å². The van der Waals surface area contributed by atoms with Crippen molar-refractivity contribution in [1.82, 2.24) is 10.2 Å². The van der Waals surface area contributed by atoms with Crippen LogP contribution in [0.5, 0.6) is 0 Å². The molecule has 116 valence electrons. The van der Waals surface area contributed by atoms with Crippen molar-refractivity contribution in [2.45, 2.75) is 57.2 Å². The molecule has 3 unspecified atom stereocenters. The molecule has 0 radical (unpaired) electrons. The quantitative estimate of drug-likeness (QED) is 0.768. The summed E-state index contributed by atoms with van der Waals surface area (Å²) < 4.78 is 10.7. The van der Waals surface area contributed by atoms with E-state index in [1.54, 1.807) is 0 Å². The molecule has 0 aromatic carbocycles. The van der Waals surface area contributed by atoms with Gasteiger partial charge in [-0.05, 0) is 39.2 Å². The van der Waals surface area contributed by atoms with E-state index in [1.807, 2.05) is 0 Å². The summed E-state index contributed by atoms with van der Waals surface area (Å²) in [7, 11) is 1.49. The highest BCUT2D eigenvalue weighted by molar-refractivity contribution is 5.81. The van der Waals surface area contributed by atoms with Crippen molar-refractivity contribution in [1.29, 1.82) is 0 Å². The van der Waals surface area contributed by atoms with Crippen LogP contribution in [0.2, 0.25) is 0 Å². The molecule has 5 heteroatoms. The number of hydrogen-bond acceptors (Lipinski definition) is 5. The fourth-order valence-corrected chi connectivity index (χ4v) is 3.49. The van der Waals surface area contributed by atoms with Gasteiger partial charge in [-0.3, -0.25) is 9.69 Å². The second-order valence-corrected chi connectivity index (χ2v) is 6.07. The standard InChI is InChI=1S/C15H28N2O3/c1-4-7-16-15(14(18)19-3)6-5-13(10-15)17-8-9-20-12(2)11-17/h12-13,16H,4-11H2,1-3H3. The van der Waals surface area contributed by atoms with Gasteiger partial charge in [-0.1, -0.05) is 6.92 Å². The number of methoxy groups -OCH3 is 1. The topological polar surface area (TPSA) is 50.8 Å². The zero-order chi connectivity index (χ0) is 14.6. The summed E-state index contributed by atoms with van der Waals surface area (Å²) in [5.41, 5.74) is -0.475. The first-order chi connectivity index (χ1) is 9.61. The molecule has 0 amide bonds. The van der Waals surface area contributed by atoms with Crippen LogP contribution in [0.3, 0.4) is 0 Å². The molecule has 2 aliphatic rings. The lowest BCUT2D eigenvalue weighted by atomic mass is 9.96. The Balaban J connectivity index is 2.00. The molecule has 0 spiro atoms. The highest BCUT2D eigenvalue weighted by Crippen LogP contribution is 2.35. The zero-order valence-corrected chi connectivity index (χ0v) is 13.0. The van der Waals surface area contributed by atoms with Gasteiger partial charge in [0.2, 0.25) is 0 Å². The summed E-state index contributed by atoms with van der Waals surface area (Å²) in [4.78, 5) is 14.7. The molecule has 1 saturated heterocycles. The Bertz CT molecular complexity index is 337. The van der Waals surface area contributed by atoms with Crippen molar-refractivity contribution < 1.29 is 14.3 Å². The Kier molecular flexibility index (Phi) is 5.41. The summed E-state index contributed by atoms with van der Waals surface area (Å²) in [6.45, 7) is 7.83. The molecule has 2 rings (SSSR count). The molecule has 5 nitrogen and oxygen atoms in total. The molecule has 1 saturated carbocycles. The summed E-state index contributed by atoms with van der Waals surface area (Å²) in [6.07, 6.45) is 4.10. The molecule has 1 heterocycles. The SMILES string of the molecule is CCCNC1(C(=O)OC)CCC(N2CCOC(C)C2)C1. The number of rotatable bonds is 5. The van der Waals surface area contributed by atoms with Crippen molar-refractivity contribution in [3.63, 3.8) is 0 Å². The van der Waals surface area contributed by atoms with Gasteiger partial charge in [0.05, 0.1) is 19.8 Å². The van der Waals surface area contributed by atoms with Crippen LogP contribution in [0, 0.1) is 0 Å². The number of nitrogens with zero attached hydrogens (tertiary/aromatic N) is 1. The van der Waals surface area contributed by atoms with E-state index in [9.17, 15) is 4.79 Å². The first kappa shape index (κ1) is 15.7. The van der Waals surface area contributed by atoms with Crippen molar-refractivity contribution in [3.8, 4) is 0 Å². The third-order valence-corrected chi connectivity index (χ3v) is 4.57. The van der Waals surface area contributed by atoms with Crippen LogP contribution in [0.4, 0.5) is 0 Å². The number of morpholine rings is 1. The summed E-state index contributed by atoms with van der Waals surface area (Å²) in [5.74, 6) is -0.102. The Morgan fingerprint density at radius 2 is 2.35 bits per heavy atom. The molecule has 2 fully saturated rings. The van der Waals surface area contributed by atoms with Crippen molar-refractivity contribution >= 4 is 5.97 Å². The van der Waals surface area contributed by atoms with Gasteiger partial charge in [0.1, 0.15) is 5.54 Å². The molecule has 0 aromatic heterocycles. The second kappa shape index (κ2) is 6.87. The van der Waals surface area contributed by atoms with Crippen molar-refractivity contribution in [2.24, 2.45) is 0 Å². The van der Waals surface area contributed by atoms with Gasteiger partial charge in [-0.2, -0.15) is 0 Å². The molecular formula is C15H28N2O3. The second-order valence-electron chi connectivity index (χ2n) is 6.07. The van der Waals surface area contributed by atoms with Crippen LogP contribution in [0.25, 0.3) is 0 Å². The molecule has 1 N–H and O–H groups in total. The average molecular weight is 284 g/mol. The molecule has 3 atom stereocenters. The monoisotopic (exact) mass is 284 g/mol. The summed E-state index contributed by atoms with van der Waals surface area (Å²) >= 11 is 0. The minimum atomic E-state index is -0.475. The first-order valence-corrected chi connectivity index (χ1v) is 7.80. The van der Waals surface area contributed by atoms with Gasteiger partial charge in [0.25, 0.3) is 0 Å². The number of carbonyl (C=O) groups is 1. The molecule has 1 aliphatic carbocycles. The zero-order valence-electron chi connectivity index (χ0n) is 13.0. The molecule has 20 heavy (non-hydrogen) atoms. The van der Waals surface area contributed by atoms with Gasteiger partial charge in [0.15, 0.2) is 0 Å². The minimum Gasteiger partial charge on any atom is -0.468 e. The largest absolute Gasteiger partial charge is 0.468 e. The van der Waals surface area contributed by atoms with E-state index < -0.39 is 5.54 Å². The highest BCUT2D eigenvalue weighted by atomic mass is 16.5. The number of nitrogens with one attached hydrogen (secondary N) is 1. The normalized spacial score (nSPS) is 35.1. The van der Waals surface area contributed by atoms with Crippen LogP contribution in [0.15, 0.2) is 0 Å². The molecule has 0 aromatic rings. The average Bonchev–Trinajstić information content (AvgIpc) is 2.90. The Morgan fingerprint density at radius 3 is 3.00 bits per heavy atom. The highest BCUT2D eigenvalue weighted by Gasteiger charge is 2.47. The van der Waals surface area contributed by atoms with E-state index in [0.29, 0.717) is 12.1 Å². The van der Waals surface area contributed by atoms with Crippen LogP contribution >= 0.6 is 0 Å². The maximum atomic E-state index is 12.2. The molecule has 0 bridgehead atoms. The van der Waals surface area contributed by atoms with Gasteiger partial charge in [0, 0.05) is 19.1 Å². The minimum absolute atomic E-state index is 0.102. The van der Waals surface area contributed by atoms with Crippen molar-refractivity contribution in [2.75, 3.05) is 33.4 Å². The molecule has 1 aliphatic heterocycles. The number of esters is 1. The Hall–Kier alpha value is -0.650. The lowest BCUT2D eigenvalue weighted by Crippen LogP contribution is -2.53. The van der Waals surface area contributed by atoms with E-state index in [4.69, 9.17) is 9.47 Å². The fraction of sp³-hybridized carbons (Fsp3) is 0.933. The number of ether oxygens (including phenoxy) is 2. The van der Waals surface area contributed by atoms with E-state index in [1.165, 1.54) is 7.11 Å². The van der Waals surface area contributed by atoms with E-state index >= 15 is 0 Å². The Morgan fingerprint density at radius 1 is 1.55 bits per heavy atom. The van der Waals surface area contributed by atoms with E-state index in [2.05, 4.69) is 24.1 Å². The third-order valence-electron chi connectivity index (χ3n) is 4.57. The predicted octanol–water partition coefficient (Wildman–Crippen LogP) is 1.17. The van der Waals surface area contributed by atoms with Crippen LogP contribution in [-0.4, -0.2) is 61.9 Å². The lowest BCUT2D eigenvalue weighted by molar-refractivity contribution is -0.148. The fourth-order valence-electron chi connectivity index (χ4n) is 3.49. The van der Waals surface area contributed by atoms with Gasteiger partial charge in [-0.15, -0.1) is 0 Å².